The van der Waals surface area contributed by atoms with Crippen molar-refractivity contribution in [1.29, 1.82) is 0 Å². The quantitative estimate of drug-likeness (QED) is 0.825. The summed E-state index contributed by atoms with van der Waals surface area (Å²) in [6.07, 6.45) is 2.60. The van der Waals surface area contributed by atoms with Gasteiger partial charge in [-0.05, 0) is 45.0 Å². The van der Waals surface area contributed by atoms with Gasteiger partial charge in [0, 0.05) is 11.6 Å². The summed E-state index contributed by atoms with van der Waals surface area (Å²) in [5.74, 6) is -1.04. The molecule has 94 valence electrons. The van der Waals surface area contributed by atoms with Gasteiger partial charge in [0.05, 0.1) is 0 Å². The van der Waals surface area contributed by atoms with Crippen molar-refractivity contribution < 1.29 is 8.78 Å². The Morgan fingerprint density at radius 3 is 2.47 bits per heavy atom. The number of benzene rings is 1. The third kappa shape index (κ3) is 3.93. The Bertz CT molecular complexity index is 379. The standard InChI is InChI=1S/C14H19F2N/c1-4-8-17-11(3)10(2)9-12-13(15)6-5-7-14(12)16/h5-7,9,11,17H,4,8H2,1-3H3/b10-9+. The molecule has 0 bridgehead atoms. The molecular formula is C14H19F2N. The maximum Gasteiger partial charge on any atom is 0.133 e. The molecule has 1 aromatic rings. The normalized spacial score (nSPS) is 13.8. The predicted octanol–water partition coefficient (Wildman–Crippen LogP) is 3.76. The predicted molar refractivity (Wildman–Crippen MR) is 67.8 cm³/mol. The highest BCUT2D eigenvalue weighted by Gasteiger charge is 2.08. The van der Waals surface area contributed by atoms with Crippen molar-refractivity contribution in [1.82, 2.24) is 5.32 Å². The highest BCUT2D eigenvalue weighted by molar-refractivity contribution is 5.54. The van der Waals surface area contributed by atoms with Crippen molar-refractivity contribution in [3.63, 3.8) is 0 Å². The van der Waals surface area contributed by atoms with Gasteiger partial charge in [-0.3, -0.25) is 0 Å². The molecule has 0 heterocycles. The third-order valence-electron chi connectivity index (χ3n) is 2.76. The highest BCUT2D eigenvalue weighted by Crippen LogP contribution is 2.17. The molecule has 1 atom stereocenters. The van der Waals surface area contributed by atoms with Crippen molar-refractivity contribution in [3.8, 4) is 0 Å². The number of halogens is 2. The molecule has 0 saturated carbocycles. The molecule has 0 aliphatic carbocycles. The van der Waals surface area contributed by atoms with Crippen LogP contribution in [0.25, 0.3) is 6.08 Å². The van der Waals surface area contributed by atoms with Crippen molar-refractivity contribution in [2.45, 2.75) is 33.2 Å². The van der Waals surface area contributed by atoms with E-state index in [0.717, 1.165) is 18.5 Å². The summed E-state index contributed by atoms with van der Waals surface area (Å²) in [5.41, 5.74) is 0.956. The van der Waals surface area contributed by atoms with E-state index in [1.54, 1.807) is 6.08 Å². The van der Waals surface area contributed by atoms with Crippen molar-refractivity contribution in [3.05, 3.63) is 41.0 Å². The Labute approximate surface area is 102 Å². The molecule has 0 radical (unpaired) electrons. The molecule has 1 unspecified atom stereocenters. The van der Waals surface area contributed by atoms with E-state index in [2.05, 4.69) is 12.2 Å². The summed E-state index contributed by atoms with van der Waals surface area (Å²) in [5, 5.41) is 3.28. The van der Waals surface area contributed by atoms with E-state index in [4.69, 9.17) is 0 Å². The molecule has 1 nitrogen and oxygen atoms in total. The van der Waals surface area contributed by atoms with Crippen LogP contribution in [-0.4, -0.2) is 12.6 Å². The third-order valence-corrected chi connectivity index (χ3v) is 2.76. The summed E-state index contributed by atoms with van der Waals surface area (Å²) in [6, 6.07) is 4.03. The van der Waals surface area contributed by atoms with Crippen LogP contribution in [0.15, 0.2) is 23.8 Å². The van der Waals surface area contributed by atoms with Crippen LogP contribution in [0.2, 0.25) is 0 Å². The summed E-state index contributed by atoms with van der Waals surface area (Å²) in [4.78, 5) is 0. The molecule has 0 fully saturated rings. The van der Waals surface area contributed by atoms with Gasteiger partial charge in [-0.2, -0.15) is 0 Å². The minimum Gasteiger partial charge on any atom is -0.311 e. The van der Waals surface area contributed by atoms with Gasteiger partial charge in [-0.25, -0.2) is 8.78 Å². The van der Waals surface area contributed by atoms with Crippen molar-refractivity contribution in [2.75, 3.05) is 6.54 Å². The first-order chi connectivity index (χ1) is 8.06. The fourth-order valence-corrected chi connectivity index (χ4v) is 1.52. The second kappa shape index (κ2) is 6.50. The van der Waals surface area contributed by atoms with E-state index in [1.807, 2.05) is 13.8 Å². The van der Waals surface area contributed by atoms with E-state index < -0.39 is 11.6 Å². The first-order valence-corrected chi connectivity index (χ1v) is 5.91. The minimum atomic E-state index is -0.521. The zero-order chi connectivity index (χ0) is 12.8. The summed E-state index contributed by atoms with van der Waals surface area (Å²) in [7, 11) is 0. The van der Waals surface area contributed by atoms with Crippen molar-refractivity contribution >= 4 is 6.08 Å². The highest BCUT2D eigenvalue weighted by atomic mass is 19.1. The molecule has 0 aliphatic rings. The molecule has 3 heteroatoms. The fraction of sp³-hybridized carbons (Fsp3) is 0.429. The van der Waals surface area contributed by atoms with E-state index >= 15 is 0 Å². The van der Waals surface area contributed by atoms with Crippen LogP contribution in [0.4, 0.5) is 8.78 Å². The van der Waals surface area contributed by atoms with E-state index in [-0.39, 0.29) is 11.6 Å². The Balaban J connectivity index is 2.87. The first-order valence-electron chi connectivity index (χ1n) is 5.91. The van der Waals surface area contributed by atoms with Crippen LogP contribution in [0.3, 0.4) is 0 Å². The zero-order valence-corrected chi connectivity index (χ0v) is 10.6. The Hall–Kier alpha value is -1.22. The smallest absolute Gasteiger partial charge is 0.133 e. The molecule has 0 aromatic heterocycles. The van der Waals surface area contributed by atoms with E-state index in [1.165, 1.54) is 18.2 Å². The maximum absolute atomic E-state index is 13.4. The monoisotopic (exact) mass is 239 g/mol. The SMILES string of the molecule is CCCNC(C)/C(C)=C/c1c(F)cccc1F. The van der Waals surface area contributed by atoms with E-state index in [9.17, 15) is 8.78 Å². The average molecular weight is 239 g/mol. The lowest BCUT2D eigenvalue weighted by molar-refractivity contribution is 0.576. The van der Waals surface area contributed by atoms with Crippen LogP contribution in [0.5, 0.6) is 0 Å². The number of rotatable bonds is 5. The summed E-state index contributed by atoms with van der Waals surface area (Å²) in [6.45, 7) is 6.83. The number of nitrogens with one attached hydrogen (secondary N) is 1. The van der Waals surface area contributed by atoms with Crippen LogP contribution in [-0.2, 0) is 0 Å². The number of hydrogen-bond acceptors (Lipinski definition) is 1. The Morgan fingerprint density at radius 1 is 1.35 bits per heavy atom. The van der Waals surface area contributed by atoms with Gasteiger partial charge in [0.2, 0.25) is 0 Å². The molecule has 0 spiro atoms. The lowest BCUT2D eigenvalue weighted by Crippen LogP contribution is -2.27. The van der Waals surface area contributed by atoms with Gasteiger partial charge in [-0.15, -0.1) is 0 Å². The fourth-order valence-electron chi connectivity index (χ4n) is 1.52. The van der Waals surface area contributed by atoms with Gasteiger partial charge in [0.1, 0.15) is 11.6 Å². The Morgan fingerprint density at radius 2 is 1.94 bits per heavy atom. The second-order valence-electron chi connectivity index (χ2n) is 4.20. The van der Waals surface area contributed by atoms with Gasteiger partial charge in [0.15, 0.2) is 0 Å². The summed E-state index contributed by atoms with van der Waals surface area (Å²) < 4.78 is 26.8. The molecule has 1 N–H and O–H groups in total. The Kier molecular flexibility index (Phi) is 5.29. The first kappa shape index (κ1) is 13.8. The molecule has 1 aromatic carbocycles. The zero-order valence-electron chi connectivity index (χ0n) is 10.6. The minimum absolute atomic E-state index is 0.0372. The molecule has 0 amide bonds. The topological polar surface area (TPSA) is 12.0 Å². The van der Waals surface area contributed by atoms with Gasteiger partial charge >= 0.3 is 0 Å². The molecular weight excluding hydrogens is 220 g/mol. The van der Waals surface area contributed by atoms with Gasteiger partial charge < -0.3 is 5.32 Å². The average Bonchev–Trinajstić information content (AvgIpc) is 2.30. The van der Waals surface area contributed by atoms with Crippen LogP contribution >= 0.6 is 0 Å². The molecule has 0 saturated heterocycles. The lowest BCUT2D eigenvalue weighted by atomic mass is 10.1. The van der Waals surface area contributed by atoms with E-state index in [0.29, 0.717) is 0 Å². The van der Waals surface area contributed by atoms with Crippen LogP contribution in [0.1, 0.15) is 32.8 Å². The molecule has 17 heavy (non-hydrogen) atoms. The van der Waals surface area contributed by atoms with Crippen molar-refractivity contribution in [2.24, 2.45) is 0 Å². The largest absolute Gasteiger partial charge is 0.311 e. The van der Waals surface area contributed by atoms with Crippen LogP contribution < -0.4 is 5.32 Å². The second-order valence-corrected chi connectivity index (χ2v) is 4.20. The van der Waals surface area contributed by atoms with Gasteiger partial charge in [-0.1, -0.05) is 18.6 Å². The lowest BCUT2D eigenvalue weighted by Gasteiger charge is -2.14. The molecule has 0 aliphatic heterocycles. The van der Waals surface area contributed by atoms with Gasteiger partial charge in [0.25, 0.3) is 0 Å². The maximum atomic E-state index is 13.4. The molecule has 1 rings (SSSR count). The van der Waals surface area contributed by atoms with Crippen LogP contribution in [0, 0.1) is 11.6 Å². The summed E-state index contributed by atoms with van der Waals surface area (Å²) >= 11 is 0. The number of hydrogen-bond donors (Lipinski definition) is 1.